The molecule has 2 aromatic carbocycles. The SMILES string of the molecule is C=CCOC(=O)Nc1cccc(NC(=O)OCC(CC)(COC=O)COC(=O)Nc2cccc(N)c2C)c1C. The molecule has 39 heavy (non-hydrogen) atoms. The van der Waals surface area contributed by atoms with Gasteiger partial charge in [-0.15, -0.1) is 0 Å². The van der Waals surface area contributed by atoms with Gasteiger partial charge >= 0.3 is 18.3 Å². The third-order valence-electron chi connectivity index (χ3n) is 5.98. The summed E-state index contributed by atoms with van der Waals surface area (Å²) in [6.45, 7) is 8.45. The van der Waals surface area contributed by atoms with Gasteiger partial charge in [-0.05, 0) is 55.7 Å². The Balaban J connectivity index is 2.02. The lowest BCUT2D eigenvalue weighted by Crippen LogP contribution is -2.39. The molecule has 1 atom stereocenters. The first-order chi connectivity index (χ1) is 18.6. The van der Waals surface area contributed by atoms with Gasteiger partial charge in [0.1, 0.15) is 26.4 Å². The molecule has 0 bridgehead atoms. The van der Waals surface area contributed by atoms with E-state index in [2.05, 4.69) is 22.5 Å². The van der Waals surface area contributed by atoms with E-state index in [-0.39, 0.29) is 32.9 Å². The van der Waals surface area contributed by atoms with Crippen LogP contribution < -0.4 is 21.7 Å². The highest BCUT2D eigenvalue weighted by molar-refractivity contribution is 5.91. The molecule has 12 nitrogen and oxygen atoms in total. The van der Waals surface area contributed by atoms with Crippen LogP contribution in [0.3, 0.4) is 0 Å². The van der Waals surface area contributed by atoms with Crippen molar-refractivity contribution in [2.45, 2.75) is 27.2 Å². The molecule has 2 aromatic rings. The van der Waals surface area contributed by atoms with E-state index in [4.69, 9.17) is 24.7 Å². The van der Waals surface area contributed by atoms with Crippen molar-refractivity contribution in [1.82, 2.24) is 0 Å². The number of nitrogen functional groups attached to an aromatic ring is 1. The van der Waals surface area contributed by atoms with Gasteiger partial charge in [0, 0.05) is 22.7 Å². The molecule has 0 aliphatic rings. The topological polar surface area (TPSA) is 167 Å². The van der Waals surface area contributed by atoms with E-state index >= 15 is 0 Å². The zero-order chi connectivity index (χ0) is 28.8. The predicted molar refractivity (Wildman–Crippen MR) is 147 cm³/mol. The van der Waals surface area contributed by atoms with Gasteiger partial charge in [0.25, 0.3) is 6.47 Å². The lowest BCUT2D eigenvalue weighted by molar-refractivity contribution is -0.134. The van der Waals surface area contributed by atoms with Crippen LogP contribution in [0.5, 0.6) is 0 Å². The number of carbonyl (C=O) groups excluding carboxylic acids is 4. The van der Waals surface area contributed by atoms with Gasteiger partial charge in [0.15, 0.2) is 0 Å². The van der Waals surface area contributed by atoms with Crippen molar-refractivity contribution in [1.29, 1.82) is 0 Å². The summed E-state index contributed by atoms with van der Waals surface area (Å²) >= 11 is 0. The monoisotopic (exact) mass is 542 g/mol. The van der Waals surface area contributed by atoms with Crippen LogP contribution in [0.4, 0.5) is 37.1 Å². The van der Waals surface area contributed by atoms with Crippen LogP contribution in [-0.4, -0.2) is 51.2 Å². The molecule has 0 fully saturated rings. The van der Waals surface area contributed by atoms with Crippen molar-refractivity contribution in [3.05, 3.63) is 60.2 Å². The summed E-state index contributed by atoms with van der Waals surface area (Å²) in [6, 6.07) is 9.99. The Labute approximate surface area is 226 Å². The van der Waals surface area contributed by atoms with Crippen molar-refractivity contribution < 1.29 is 38.1 Å². The minimum atomic E-state index is -1.01. The smallest absolute Gasteiger partial charge is 0.411 e. The van der Waals surface area contributed by atoms with E-state index in [0.717, 1.165) is 0 Å². The second kappa shape index (κ2) is 14.9. The first-order valence-corrected chi connectivity index (χ1v) is 12.1. The quantitative estimate of drug-likeness (QED) is 0.118. The van der Waals surface area contributed by atoms with Crippen molar-refractivity contribution in [3.63, 3.8) is 0 Å². The van der Waals surface area contributed by atoms with Gasteiger partial charge in [0.05, 0.1) is 5.41 Å². The number of ether oxygens (including phenoxy) is 4. The van der Waals surface area contributed by atoms with Gasteiger partial charge in [0.2, 0.25) is 0 Å². The highest BCUT2D eigenvalue weighted by atomic mass is 16.6. The minimum absolute atomic E-state index is 0.0496. The highest BCUT2D eigenvalue weighted by Crippen LogP contribution is 2.27. The van der Waals surface area contributed by atoms with Crippen LogP contribution in [0.25, 0.3) is 0 Å². The van der Waals surface area contributed by atoms with E-state index in [1.54, 1.807) is 57.2 Å². The molecule has 210 valence electrons. The zero-order valence-corrected chi connectivity index (χ0v) is 22.2. The second-order valence-electron chi connectivity index (χ2n) is 8.67. The predicted octanol–water partition coefficient (Wildman–Crippen LogP) is 4.99. The Kier molecular flexibility index (Phi) is 11.6. The molecule has 1 unspecified atom stereocenters. The van der Waals surface area contributed by atoms with Crippen LogP contribution in [0.2, 0.25) is 0 Å². The molecule has 0 spiro atoms. The second-order valence-corrected chi connectivity index (χ2v) is 8.67. The first-order valence-electron chi connectivity index (χ1n) is 12.1. The fourth-order valence-electron chi connectivity index (χ4n) is 3.35. The van der Waals surface area contributed by atoms with E-state index in [9.17, 15) is 19.2 Å². The summed E-state index contributed by atoms with van der Waals surface area (Å²) in [5.41, 5.74) is 7.93. The van der Waals surface area contributed by atoms with Crippen LogP contribution in [0.15, 0.2) is 49.1 Å². The van der Waals surface area contributed by atoms with Crippen LogP contribution in [0.1, 0.15) is 24.5 Å². The lowest BCUT2D eigenvalue weighted by atomic mass is 9.88. The molecule has 12 heteroatoms. The standard InChI is InChI=1S/C27H34N4O8/c1-5-13-37-24(33)30-22-11-8-12-23(19(22)4)31-26(35)39-16-27(6-2,14-36-17-32)15-38-25(34)29-21-10-7-9-20(28)18(21)3/h5,7-12,17H,1,6,13-16,28H2,2-4H3,(H,29,34)(H,30,33)(H,31,35). The van der Waals surface area contributed by atoms with Gasteiger partial charge < -0.3 is 24.7 Å². The maximum Gasteiger partial charge on any atom is 0.411 e. The molecule has 0 aliphatic heterocycles. The van der Waals surface area contributed by atoms with E-state index in [0.29, 0.717) is 40.3 Å². The minimum Gasteiger partial charge on any atom is -0.467 e. The fraction of sp³-hybridized carbons (Fsp3) is 0.333. The van der Waals surface area contributed by atoms with E-state index < -0.39 is 23.7 Å². The number of nitrogens with one attached hydrogen (secondary N) is 3. The number of anilines is 4. The number of benzene rings is 2. The average Bonchev–Trinajstić information content (AvgIpc) is 2.92. The summed E-state index contributed by atoms with van der Waals surface area (Å²) in [4.78, 5) is 47.8. The molecule has 0 aromatic heterocycles. The summed E-state index contributed by atoms with van der Waals surface area (Å²) in [7, 11) is 0. The normalized spacial score (nSPS) is 11.8. The molecule has 5 N–H and O–H groups in total. The fourth-order valence-corrected chi connectivity index (χ4v) is 3.35. The third-order valence-corrected chi connectivity index (χ3v) is 5.98. The molecule has 0 saturated heterocycles. The number of hydrogen-bond donors (Lipinski definition) is 4. The summed E-state index contributed by atoms with van der Waals surface area (Å²) < 4.78 is 20.7. The van der Waals surface area contributed by atoms with Gasteiger partial charge in [-0.2, -0.15) is 0 Å². The summed E-state index contributed by atoms with van der Waals surface area (Å²) in [6.07, 6.45) is -0.425. The number of nitrogens with two attached hydrogens (primary N) is 1. The maximum absolute atomic E-state index is 12.6. The summed E-state index contributed by atoms with van der Waals surface area (Å²) in [5.74, 6) is 0. The Morgan fingerprint density at radius 1 is 0.846 bits per heavy atom. The largest absolute Gasteiger partial charge is 0.467 e. The zero-order valence-electron chi connectivity index (χ0n) is 22.2. The maximum atomic E-state index is 12.6. The highest BCUT2D eigenvalue weighted by Gasteiger charge is 2.33. The molecule has 0 radical (unpaired) electrons. The van der Waals surface area contributed by atoms with E-state index in [1.165, 1.54) is 6.08 Å². The number of hydrogen-bond acceptors (Lipinski definition) is 9. The first kappa shape index (κ1) is 30.5. The molecule has 2 rings (SSSR count). The molecular weight excluding hydrogens is 508 g/mol. The molecule has 0 heterocycles. The lowest BCUT2D eigenvalue weighted by Gasteiger charge is -2.30. The summed E-state index contributed by atoms with van der Waals surface area (Å²) in [5, 5.41) is 7.83. The van der Waals surface area contributed by atoms with Crippen LogP contribution in [0, 0.1) is 19.3 Å². The molecule has 0 saturated carbocycles. The number of rotatable bonds is 13. The van der Waals surface area contributed by atoms with E-state index in [1.807, 2.05) is 0 Å². The Bertz CT molecular complexity index is 1190. The van der Waals surface area contributed by atoms with Gasteiger partial charge in [-0.3, -0.25) is 20.7 Å². The Morgan fingerprint density at radius 2 is 1.33 bits per heavy atom. The molecule has 3 amide bonds. The Morgan fingerprint density at radius 3 is 1.82 bits per heavy atom. The average molecular weight is 543 g/mol. The van der Waals surface area contributed by atoms with Crippen LogP contribution >= 0.6 is 0 Å². The van der Waals surface area contributed by atoms with Crippen molar-refractivity contribution in [2.24, 2.45) is 5.41 Å². The molecule has 0 aliphatic carbocycles. The van der Waals surface area contributed by atoms with Crippen molar-refractivity contribution >= 4 is 47.5 Å². The van der Waals surface area contributed by atoms with Crippen LogP contribution in [-0.2, 0) is 23.7 Å². The van der Waals surface area contributed by atoms with Gasteiger partial charge in [-0.1, -0.05) is 31.7 Å². The van der Waals surface area contributed by atoms with Crippen molar-refractivity contribution in [2.75, 3.05) is 48.1 Å². The van der Waals surface area contributed by atoms with Crippen molar-refractivity contribution in [3.8, 4) is 0 Å². The number of carbonyl (C=O) groups is 4. The Hall–Kier alpha value is -4.74. The third kappa shape index (κ3) is 9.26. The van der Waals surface area contributed by atoms with Gasteiger partial charge in [-0.25, -0.2) is 14.4 Å². The molecular formula is C27H34N4O8. The number of amides is 3.